The van der Waals surface area contributed by atoms with Crippen LogP contribution in [0.15, 0.2) is 69.9 Å². The third-order valence-electron chi connectivity index (χ3n) is 5.32. The second kappa shape index (κ2) is 8.58. The fourth-order valence-corrected chi connectivity index (χ4v) is 5.64. The molecule has 11 heteroatoms. The molecule has 9 nitrogen and oxygen atoms in total. The van der Waals surface area contributed by atoms with Crippen molar-refractivity contribution in [2.45, 2.75) is 30.0 Å². The van der Waals surface area contributed by atoms with Gasteiger partial charge >= 0.3 is 6.03 Å². The van der Waals surface area contributed by atoms with E-state index in [0.29, 0.717) is 28.3 Å². The Morgan fingerprint density at radius 1 is 1.06 bits per heavy atom. The molecular weight excluding hydrogens is 474 g/mol. The molecule has 0 saturated heterocycles. The van der Waals surface area contributed by atoms with Crippen LogP contribution in [0.2, 0.25) is 0 Å². The van der Waals surface area contributed by atoms with Gasteiger partial charge in [0, 0.05) is 22.3 Å². The van der Waals surface area contributed by atoms with Gasteiger partial charge in [0.05, 0.1) is 16.6 Å². The molecule has 0 spiro atoms. The molecule has 34 heavy (non-hydrogen) atoms. The van der Waals surface area contributed by atoms with E-state index in [0.717, 1.165) is 34.7 Å². The number of urea groups is 1. The number of rotatable bonds is 6. The molecule has 0 unspecified atom stereocenters. The van der Waals surface area contributed by atoms with Gasteiger partial charge in [-0.2, -0.15) is 0 Å². The quantitative estimate of drug-likeness (QED) is 0.374. The minimum Gasteiger partial charge on any atom is -0.382 e. The van der Waals surface area contributed by atoms with Crippen molar-refractivity contribution in [3.8, 4) is 5.69 Å². The summed E-state index contributed by atoms with van der Waals surface area (Å²) >= 11 is 1.08. The van der Waals surface area contributed by atoms with Gasteiger partial charge in [-0.3, -0.25) is 9.36 Å². The number of nitrogens with zero attached hydrogens (tertiary/aromatic N) is 2. The first-order chi connectivity index (χ1) is 16.3. The number of amides is 2. The summed E-state index contributed by atoms with van der Waals surface area (Å²) < 4.78 is 28.1. The Labute approximate surface area is 199 Å². The number of benzene rings is 2. The first-order valence-corrected chi connectivity index (χ1v) is 12.9. The maximum absolute atomic E-state index is 13.0. The first kappa shape index (κ1) is 22.1. The lowest BCUT2D eigenvalue weighted by atomic mass is 10.2. The van der Waals surface area contributed by atoms with Crippen molar-refractivity contribution in [3.63, 3.8) is 0 Å². The molecule has 1 saturated carbocycles. The number of fused-ring (bicyclic) bond motifs is 1. The van der Waals surface area contributed by atoms with Crippen LogP contribution >= 0.6 is 11.3 Å². The average molecular weight is 496 g/mol. The fourth-order valence-electron chi connectivity index (χ4n) is 3.45. The largest absolute Gasteiger partial charge is 0.382 e. The summed E-state index contributed by atoms with van der Waals surface area (Å²) in [6.45, 7) is 1.78. The molecule has 0 atom stereocenters. The fraction of sp³-hybridized carbons (Fsp3) is 0.174. The Balaban J connectivity index is 1.31. The molecule has 4 aromatic rings. The van der Waals surface area contributed by atoms with Crippen LogP contribution in [-0.4, -0.2) is 30.0 Å². The number of aromatic nitrogens is 2. The number of nitrogens with one attached hydrogen (secondary N) is 3. The van der Waals surface area contributed by atoms with Gasteiger partial charge < -0.3 is 10.6 Å². The number of carbonyl (C=O) groups excluding carboxylic acids is 1. The molecule has 2 aromatic carbocycles. The lowest BCUT2D eigenvalue weighted by molar-refractivity contribution is 0.256. The molecule has 0 aliphatic heterocycles. The molecule has 0 radical (unpaired) electrons. The molecule has 3 N–H and O–H groups in total. The first-order valence-electron chi connectivity index (χ1n) is 10.6. The number of hydrogen-bond acceptors (Lipinski definition) is 7. The van der Waals surface area contributed by atoms with E-state index in [1.807, 2.05) is 16.9 Å². The van der Waals surface area contributed by atoms with Crippen molar-refractivity contribution in [1.82, 2.24) is 14.3 Å². The van der Waals surface area contributed by atoms with Crippen LogP contribution in [0.5, 0.6) is 0 Å². The van der Waals surface area contributed by atoms with E-state index in [9.17, 15) is 18.0 Å². The Hall–Kier alpha value is -3.70. The number of sulfonamides is 1. The summed E-state index contributed by atoms with van der Waals surface area (Å²) in [5.41, 5.74) is 2.29. The summed E-state index contributed by atoms with van der Waals surface area (Å²) in [5, 5.41) is 6.38. The smallest absolute Gasteiger partial charge is 0.333 e. The van der Waals surface area contributed by atoms with E-state index in [1.165, 1.54) is 17.0 Å². The highest BCUT2D eigenvalue weighted by Gasteiger charge is 2.21. The normalized spacial score (nSPS) is 13.6. The Morgan fingerprint density at radius 3 is 2.47 bits per heavy atom. The second-order valence-corrected chi connectivity index (χ2v) is 11.2. The molecule has 174 valence electrons. The van der Waals surface area contributed by atoms with Gasteiger partial charge in [-0.25, -0.2) is 22.9 Å². The average Bonchev–Trinajstić information content (AvgIpc) is 3.50. The summed E-state index contributed by atoms with van der Waals surface area (Å²) in [7, 11) is -3.94. The van der Waals surface area contributed by atoms with Crippen molar-refractivity contribution >= 4 is 49.7 Å². The van der Waals surface area contributed by atoms with E-state index < -0.39 is 16.1 Å². The topological polar surface area (TPSA) is 122 Å². The van der Waals surface area contributed by atoms with E-state index >= 15 is 0 Å². The van der Waals surface area contributed by atoms with E-state index in [4.69, 9.17) is 0 Å². The van der Waals surface area contributed by atoms with Crippen molar-refractivity contribution in [3.05, 3.63) is 76.2 Å². The molecule has 2 amide bonds. The van der Waals surface area contributed by atoms with Crippen molar-refractivity contribution < 1.29 is 13.2 Å². The van der Waals surface area contributed by atoms with Crippen LogP contribution in [0, 0.1) is 6.92 Å². The molecule has 1 aliphatic carbocycles. The number of carbonyl (C=O) groups is 1. The minimum absolute atomic E-state index is 0.0640. The molecule has 0 bridgehead atoms. The lowest BCUT2D eigenvalue weighted by Crippen LogP contribution is -2.33. The van der Waals surface area contributed by atoms with Gasteiger partial charge in [0.2, 0.25) is 0 Å². The predicted octanol–water partition coefficient (Wildman–Crippen LogP) is 3.84. The van der Waals surface area contributed by atoms with Crippen LogP contribution in [0.4, 0.5) is 16.2 Å². The van der Waals surface area contributed by atoms with Crippen LogP contribution in [0.25, 0.3) is 16.6 Å². The van der Waals surface area contributed by atoms with Gasteiger partial charge in [0.15, 0.2) is 0 Å². The van der Waals surface area contributed by atoms with Crippen molar-refractivity contribution in [2.24, 2.45) is 0 Å². The number of thiophene rings is 1. The maximum Gasteiger partial charge on any atom is 0.333 e. The van der Waals surface area contributed by atoms with Crippen LogP contribution < -0.4 is 20.9 Å². The zero-order valence-electron chi connectivity index (χ0n) is 18.1. The highest BCUT2D eigenvalue weighted by Crippen LogP contribution is 2.26. The molecule has 2 aromatic heterocycles. The van der Waals surface area contributed by atoms with E-state index in [2.05, 4.69) is 15.6 Å². The zero-order valence-corrected chi connectivity index (χ0v) is 19.7. The SMILES string of the molecule is Cc1ccc(S(=O)(=O)NC(=O)Nc2ccc(-n3cnc4cc(NC5CC5)ccc4c3=O)cc2)s1. The molecule has 1 fully saturated rings. The predicted molar refractivity (Wildman–Crippen MR) is 132 cm³/mol. The zero-order chi connectivity index (χ0) is 23.9. The highest BCUT2D eigenvalue weighted by molar-refractivity contribution is 7.92. The van der Waals surface area contributed by atoms with Crippen molar-refractivity contribution in [1.29, 1.82) is 0 Å². The molecule has 5 rings (SSSR count). The Morgan fingerprint density at radius 2 is 1.79 bits per heavy atom. The Bertz CT molecular complexity index is 1550. The molecule has 2 heterocycles. The van der Waals surface area contributed by atoms with Gasteiger partial charge in [0.1, 0.15) is 10.5 Å². The lowest BCUT2D eigenvalue weighted by Gasteiger charge is -2.10. The van der Waals surface area contributed by atoms with E-state index in [-0.39, 0.29) is 9.77 Å². The van der Waals surface area contributed by atoms with E-state index in [1.54, 1.807) is 43.3 Å². The maximum atomic E-state index is 13.0. The third kappa shape index (κ3) is 4.66. The summed E-state index contributed by atoms with van der Waals surface area (Å²) in [6, 6.07) is 14.7. The van der Waals surface area contributed by atoms with Crippen LogP contribution in [-0.2, 0) is 10.0 Å². The van der Waals surface area contributed by atoms with Gasteiger partial charge in [0.25, 0.3) is 15.6 Å². The highest BCUT2D eigenvalue weighted by atomic mass is 32.2. The second-order valence-electron chi connectivity index (χ2n) is 8.04. The Kier molecular flexibility index (Phi) is 5.58. The standard InChI is InChI=1S/C23H21N5O4S2/c1-14-2-11-21(33-14)34(31,32)27-23(30)26-16-5-8-18(9-6-16)28-13-24-20-12-17(25-15-3-4-15)7-10-19(20)22(28)29/h2,5-13,15,25H,3-4H2,1H3,(H2,26,27,30). The van der Waals surface area contributed by atoms with Crippen LogP contribution in [0.3, 0.4) is 0 Å². The number of aryl methyl sites for hydroxylation is 1. The summed E-state index contributed by atoms with van der Waals surface area (Å²) in [5.74, 6) is 0. The monoisotopic (exact) mass is 495 g/mol. The summed E-state index contributed by atoms with van der Waals surface area (Å²) in [4.78, 5) is 30.4. The number of hydrogen-bond donors (Lipinski definition) is 3. The van der Waals surface area contributed by atoms with Crippen LogP contribution in [0.1, 0.15) is 17.7 Å². The number of anilines is 2. The van der Waals surface area contributed by atoms with Gasteiger partial charge in [-0.1, -0.05) is 0 Å². The minimum atomic E-state index is -3.94. The molecular formula is C23H21N5O4S2. The third-order valence-corrected chi connectivity index (χ3v) is 8.14. The van der Waals surface area contributed by atoms with Gasteiger partial charge in [-0.15, -0.1) is 11.3 Å². The van der Waals surface area contributed by atoms with Crippen molar-refractivity contribution in [2.75, 3.05) is 10.6 Å². The summed E-state index contributed by atoms with van der Waals surface area (Å²) in [6.07, 6.45) is 3.78. The molecule has 1 aliphatic rings. The van der Waals surface area contributed by atoms with Gasteiger partial charge in [-0.05, 0) is 74.4 Å².